The number of aliphatic hydroxyl groups excluding tert-OH is 10. The van der Waals surface area contributed by atoms with E-state index in [1.807, 2.05) is 92.7 Å². The lowest BCUT2D eigenvalue weighted by Gasteiger charge is -2.40. The molecule has 580 valence electrons. The number of halogens is 2. The van der Waals surface area contributed by atoms with Gasteiger partial charge in [0.25, 0.3) is 0 Å². The summed E-state index contributed by atoms with van der Waals surface area (Å²) in [4.78, 5) is 0. The van der Waals surface area contributed by atoms with E-state index < -0.39 is 122 Å². The third-order valence-electron chi connectivity index (χ3n) is 21.9. The van der Waals surface area contributed by atoms with E-state index in [2.05, 4.69) is 12.1 Å². The van der Waals surface area contributed by atoms with Gasteiger partial charge in [0.2, 0.25) is 0 Å². The first-order valence-corrected chi connectivity index (χ1v) is 37.2. The van der Waals surface area contributed by atoms with Gasteiger partial charge in [-0.1, -0.05) is 97.1 Å². The molecule has 5 unspecified atom stereocenters. The van der Waals surface area contributed by atoms with Gasteiger partial charge in [0.15, 0.2) is 0 Å². The molecule has 6 aliphatic heterocycles. The van der Waals surface area contributed by atoms with E-state index in [9.17, 15) is 56.3 Å². The Labute approximate surface area is 639 Å². The highest BCUT2D eigenvalue weighted by Gasteiger charge is 2.48. The lowest BCUT2D eigenvalue weighted by Crippen LogP contribution is -2.55. The molecule has 9 aromatic carbocycles. The third-order valence-corrected chi connectivity index (χ3v) is 21.9. The predicted molar refractivity (Wildman–Crippen MR) is 395 cm³/mol. The first-order chi connectivity index (χ1) is 53.7. The van der Waals surface area contributed by atoms with Gasteiger partial charge < -0.3 is 103 Å². The molecular weight excluding hydrogens is 1430 g/mol. The number of nitriles is 1. The van der Waals surface area contributed by atoms with Crippen LogP contribution < -0.4 is 23.7 Å². The Bertz CT molecular complexity index is 4780. The van der Waals surface area contributed by atoms with Crippen LogP contribution in [-0.4, -0.2) is 164 Å². The smallest absolute Gasteiger partial charge is 0.126 e. The predicted octanol–water partition coefficient (Wildman–Crippen LogP) is 9.40. The Balaban J connectivity index is 0.521. The zero-order valence-corrected chi connectivity index (χ0v) is 60.7. The topological polar surface area (TPSA) is 328 Å². The van der Waals surface area contributed by atoms with Crippen LogP contribution in [0.25, 0.3) is 0 Å². The second-order valence-corrected chi connectivity index (χ2v) is 29.2. The summed E-state index contributed by atoms with van der Waals surface area (Å²) in [6.45, 7) is 3.84. The van der Waals surface area contributed by atoms with Crippen molar-refractivity contribution in [1.82, 2.24) is 0 Å². The Kier molecular flexibility index (Phi) is 23.3. The lowest BCUT2D eigenvalue weighted by molar-refractivity contribution is -0.231. The number of rotatable bonds is 25. The third kappa shape index (κ3) is 16.7. The molecule has 24 heteroatoms. The largest absolute Gasteiger partial charge is 0.491 e. The second-order valence-electron chi connectivity index (χ2n) is 29.2. The quantitative estimate of drug-likeness (QED) is 0.0255. The van der Waals surface area contributed by atoms with Crippen molar-refractivity contribution in [2.24, 2.45) is 0 Å². The zero-order valence-electron chi connectivity index (χ0n) is 60.7. The van der Waals surface area contributed by atoms with Crippen LogP contribution in [0.15, 0.2) is 188 Å². The van der Waals surface area contributed by atoms with Crippen LogP contribution in [0.2, 0.25) is 0 Å². The number of ether oxygens (including phenoxy) is 11. The van der Waals surface area contributed by atoms with Crippen LogP contribution >= 0.6 is 0 Å². The Morgan fingerprint density at radius 2 is 0.757 bits per heavy atom. The first-order valence-electron chi connectivity index (χ1n) is 37.2. The maximum absolute atomic E-state index is 15.7. The number of fused-ring (bicyclic) bond motifs is 3. The van der Waals surface area contributed by atoms with E-state index in [1.165, 1.54) is 24.3 Å². The molecule has 0 aliphatic carbocycles. The Morgan fingerprint density at radius 3 is 1.24 bits per heavy atom. The minimum Gasteiger partial charge on any atom is -0.491 e. The summed E-state index contributed by atoms with van der Waals surface area (Å²) in [5.74, 6) is 1.58. The molecule has 6 aliphatic rings. The van der Waals surface area contributed by atoms with Gasteiger partial charge in [-0.3, -0.25) is 0 Å². The van der Waals surface area contributed by atoms with Gasteiger partial charge >= 0.3 is 0 Å². The summed E-state index contributed by atoms with van der Waals surface area (Å²) in [6, 6.07) is 56.6. The van der Waals surface area contributed by atoms with Gasteiger partial charge in [0.05, 0.1) is 37.1 Å². The van der Waals surface area contributed by atoms with Crippen molar-refractivity contribution in [3.8, 4) is 34.8 Å². The molecule has 0 spiro atoms. The molecule has 0 amide bonds. The lowest BCUT2D eigenvalue weighted by atomic mass is 9.89. The number of benzene rings is 9. The summed E-state index contributed by atoms with van der Waals surface area (Å²) in [5, 5.41) is 118. The molecule has 3 fully saturated rings. The van der Waals surface area contributed by atoms with Crippen molar-refractivity contribution in [3.63, 3.8) is 0 Å². The number of nitrogens with zero attached hydrogens (tertiary/aromatic N) is 1. The van der Waals surface area contributed by atoms with E-state index in [0.29, 0.717) is 81.8 Å². The van der Waals surface area contributed by atoms with Crippen molar-refractivity contribution in [3.05, 3.63) is 289 Å². The van der Waals surface area contributed by atoms with Crippen molar-refractivity contribution in [2.75, 3.05) is 39.6 Å². The van der Waals surface area contributed by atoms with Crippen LogP contribution in [0.3, 0.4) is 0 Å². The highest BCUT2D eigenvalue weighted by Crippen LogP contribution is 2.44. The van der Waals surface area contributed by atoms with E-state index in [0.717, 1.165) is 50.1 Å². The molecule has 15 rings (SSSR count). The minimum absolute atomic E-state index is 0.0251. The standard InChI is InChI=1S/C87H87F2NO21/c1-45-63-5-3-4-6-65(63)72(107-45)41-102-59-22-11-49(12-23-59)31-57-33-51(16-27-69(57)89)86-83(99)80(96)77(93)74(110-86)43-104-61-24-15-54-39-106-71(66(54)35-61)40-101-58-20-9-48(10-21-58)30-56-34-52(17-28-68(56)88)87-84(100)81(97)78(94)75(111-87)44-105-62-25-26-64-46(2)108-73(67(64)36-62)42-103-60-18-7-47(8-19-60)29-55-32-50(13-14-53(55)37-90)85-82(98)79(95)76(92)70(38-91)109-85/h3-28,32-36,45-46,70-87,91-100H,29-31,38-44H2,1-2H3/t45?,46?,70-,71?,72?,73?,74-,75-,76-,77-,78-,79+,80+,81+,82-,83-,84-,85+,86+,87+/m1/s1. The normalized spacial score (nSPS) is 28.7. The monoisotopic (exact) mass is 1520 g/mol. The molecule has 6 heterocycles. The van der Waals surface area contributed by atoms with Crippen LogP contribution in [0.1, 0.15) is 152 Å². The molecule has 9 aromatic rings. The molecule has 10 N–H and O–H groups in total. The summed E-state index contributed by atoms with van der Waals surface area (Å²) in [7, 11) is 0. The average Bonchev–Trinajstić information content (AvgIpc) is 1.61. The van der Waals surface area contributed by atoms with Crippen LogP contribution in [0.4, 0.5) is 8.78 Å². The van der Waals surface area contributed by atoms with Crippen molar-refractivity contribution in [2.45, 2.75) is 162 Å². The maximum atomic E-state index is 15.7. The average molecular weight is 1520 g/mol. The number of aliphatic hydroxyl groups is 10. The van der Waals surface area contributed by atoms with Crippen molar-refractivity contribution in [1.29, 1.82) is 5.26 Å². The minimum atomic E-state index is -1.64. The molecule has 0 radical (unpaired) electrons. The van der Waals surface area contributed by atoms with Gasteiger partial charge in [-0.15, -0.1) is 0 Å². The summed E-state index contributed by atoms with van der Waals surface area (Å²) in [5.41, 5.74) is 11.0. The van der Waals surface area contributed by atoms with E-state index in [1.54, 1.807) is 78.9 Å². The van der Waals surface area contributed by atoms with Gasteiger partial charge in [0, 0.05) is 12.8 Å². The van der Waals surface area contributed by atoms with Gasteiger partial charge in [-0.2, -0.15) is 5.26 Å². The van der Waals surface area contributed by atoms with E-state index >= 15 is 8.78 Å². The van der Waals surface area contributed by atoms with Crippen LogP contribution in [0.5, 0.6) is 28.7 Å². The Hall–Kier alpha value is -9.31. The number of hydrogen-bond donors (Lipinski definition) is 10. The molecule has 0 bridgehead atoms. The number of hydrogen-bond acceptors (Lipinski definition) is 22. The Morgan fingerprint density at radius 1 is 0.369 bits per heavy atom. The maximum Gasteiger partial charge on any atom is 0.126 e. The molecule has 22 nitrogen and oxygen atoms in total. The zero-order chi connectivity index (χ0) is 77.3. The van der Waals surface area contributed by atoms with Crippen molar-refractivity contribution >= 4 is 0 Å². The highest BCUT2D eigenvalue weighted by molar-refractivity contribution is 5.47. The van der Waals surface area contributed by atoms with Crippen molar-refractivity contribution < 1.29 is 112 Å². The fraction of sp³-hybridized carbons (Fsp3) is 0.368. The van der Waals surface area contributed by atoms with Gasteiger partial charge in [-0.05, 0) is 195 Å². The molecule has 0 aromatic heterocycles. The summed E-state index contributed by atoms with van der Waals surface area (Å²) < 4.78 is 99.0. The fourth-order valence-electron chi connectivity index (χ4n) is 15.6. The molecule has 3 saturated heterocycles. The highest BCUT2D eigenvalue weighted by atomic mass is 19.1. The first kappa shape index (κ1) is 77.0. The van der Waals surface area contributed by atoms with E-state index in [-0.39, 0.29) is 63.1 Å². The van der Waals surface area contributed by atoms with Gasteiger partial charge in [0.1, 0.15) is 183 Å². The van der Waals surface area contributed by atoms with Crippen LogP contribution in [-0.2, 0) is 54.3 Å². The molecule has 20 atom stereocenters. The second kappa shape index (κ2) is 33.6. The van der Waals surface area contributed by atoms with Gasteiger partial charge in [-0.25, -0.2) is 8.78 Å². The van der Waals surface area contributed by atoms with E-state index in [4.69, 9.17) is 52.1 Å². The summed E-state index contributed by atoms with van der Waals surface area (Å²) >= 11 is 0. The molecule has 0 saturated carbocycles. The summed E-state index contributed by atoms with van der Waals surface area (Å²) in [6.07, 6.45) is -21.4. The SMILES string of the molecule is CC1OC(COc2ccc(Cc3cc([C@@H]4O[C@H](COc5ccc6c(c5)C(COc5ccc(Cc7cc([C@@H]8O[C@H](COc9ccc%10c(c9)C(COc9ccc(Cc%11cc([C@@H]%12O[C@H](CO)[C@@H](O)[C@H](O)[C@H]%12O)ccc%11C#N)cc9)OC%10C)[C@@H](O)[C@H](O)[C@H]8O)ccc7F)cc5)OC6)[C@@H](O)[C@H](O)[C@H]4O)ccc3F)cc2)c2ccccc21. The van der Waals surface area contributed by atoms with Crippen LogP contribution in [0, 0.1) is 23.0 Å². The molecular formula is C87H87F2NO21. The molecule has 111 heavy (non-hydrogen) atoms. The fourth-order valence-corrected chi connectivity index (χ4v) is 15.6.